The summed E-state index contributed by atoms with van der Waals surface area (Å²) >= 11 is 0. The van der Waals surface area contributed by atoms with Gasteiger partial charge in [-0.25, -0.2) is 0 Å². The van der Waals surface area contributed by atoms with Crippen LogP contribution in [0.1, 0.15) is 54.4 Å². The minimum Gasteiger partial charge on any atom is -0.393 e. The van der Waals surface area contributed by atoms with Crippen molar-refractivity contribution in [3.8, 4) is 0 Å². The number of rotatable bonds is 10. The second-order valence-electron chi connectivity index (χ2n) is 6.81. The summed E-state index contributed by atoms with van der Waals surface area (Å²) in [5, 5.41) is 9.53. The fraction of sp³-hybridized carbons (Fsp3) is 0.938. The number of carbonyl (C=O) groups is 1. The van der Waals surface area contributed by atoms with Crippen molar-refractivity contribution in [1.29, 1.82) is 0 Å². The standard InChI is InChI=1S/C8H19O2P.C8H17O2P/c2*1-6(2)4-8(9)7(3)5-10-11/h6-9H,4-5,11H2,1-3H3;6-7H,4-5,11H2,1-3H3. The molecule has 5 atom stereocenters. The maximum absolute atomic E-state index is 11.3. The smallest absolute Gasteiger partial charge is 0.138 e. The van der Waals surface area contributed by atoms with Crippen molar-refractivity contribution in [3.05, 3.63) is 0 Å². The maximum atomic E-state index is 11.3. The Morgan fingerprint density at radius 2 is 1.45 bits per heavy atom. The molecule has 5 unspecified atom stereocenters. The highest BCUT2D eigenvalue weighted by molar-refractivity contribution is 7.10. The van der Waals surface area contributed by atoms with E-state index in [4.69, 9.17) is 9.05 Å². The summed E-state index contributed by atoms with van der Waals surface area (Å²) < 4.78 is 9.67. The lowest BCUT2D eigenvalue weighted by molar-refractivity contribution is -0.123. The first-order valence-electron chi connectivity index (χ1n) is 7.99. The van der Waals surface area contributed by atoms with Crippen molar-refractivity contribution in [1.82, 2.24) is 0 Å². The van der Waals surface area contributed by atoms with E-state index in [1.165, 1.54) is 0 Å². The van der Waals surface area contributed by atoms with Crippen molar-refractivity contribution in [2.75, 3.05) is 13.2 Å². The minimum absolute atomic E-state index is 0.0369. The molecular formula is C16H36O4P2. The van der Waals surface area contributed by atoms with Crippen molar-refractivity contribution in [3.63, 3.8) is 0 Å². The zero-order chi connectivity index (χ0) is 17.7. The molecule has 0 amide bonds. The average Bonchev–Trinajstić information content (AvgIpc) is 2.38. The Morgan fingerprint density at radius 1 is 0.955 bits per heavy atom. The molecular weight excluding hydrogens is 318 g/mol. The fourth-order valence-electron chi connectivity index (χ4n) is 1.82. The van der Waals surface area contributed by atoms with Gasteiger partial charge < -0.3 is 14.2 Å². The second kappa shape index (κ2) is 15.0. The van der Waals surface area contributed by atoms with E-state index in [0.717, 1.165) is 6.42 Å². The number of hydrogen-bond donors (Lipinski definition) is 1. The van der Waals surface area contributed by atoms with E-state index in [2.05, 4.69) is 32.8 Å². The van der Waals surface area contributed by atoms with Gasteiger partial charge in [0, 0.05) is 37.2 Å². The Morgan fingerprint density at radius 3 is 1.82 bits per heavy atom. The SMILES string of the molecule is CC(C)CC(=O)C(C)COP.CC(C)CC(O)C(C)COP. The van der Waals surface area contributed by atoms with Gasteiger partial charge in [0.05, 0.1) is 19.3 Å². The topological polar surface area (TPSA) is 55.8 Å². The normalized spacial score (nSPS) is 15.2. The van der Waals surface area contributed by atoms with Crippen molar-refractivity contribution >= 4 is 24.7 Å². The molecule has 1 N–H and O–H groups in total. The molecule has 6 heteroatoms. The fourth-order valence-corrected chi connectivity index (χ4v) is 2.41. The highest BCUT2D eigenvalue weighted by Gasteiger charge is 2.15. The van der Waals surface area contributed by atoms with Crippen LogP contribution in [0.5, 0.6) is 0 Å². The number of aliphatic hydroxyl groups is 1. The van der Waals surface area contributed by atoms with E-state index in [1.807, 2.05) is 27.7 Å². The maximum Gasteiger partial charge on any atom is 0.138 e. The molecule has 0 aliphatic carbocycles. The lowest BCUT2D eigenvalue weighted by Crippen LogP contribution is -2.22. The quantitative estimate of drug-likeness (QED) is 0.605. The first-order chi connectivity index (χ1) is 10.1. The molecule has 0 saturated carbocycles. The first-order valence-corrected chi connectivity index (χ1v) is 8.93. The third-order valence-electron chi connectivity index (χ3n) is 3.23. The molecule has 0 radical (unpaired) electrons. The van der Waals surface area contributed by atoms with Crippen LogP contribution < -0.4 is 0 Å². The van der Waals surface area contributed by atoms with Gasteiger partial charge in [-0.05, 0) is 18.3 Å². The van der Waals surface area contributed by atoms with E-state index in [9.17, 15) is 9.90 Å². The Labute approximate surface area is 141 Å². The zero-order valence-corrected chi connectivity index (χ0v) is 17.4. The van der Waals surface area contributed by atoms with Crippen LogP contribution in [0.3, 0.4) is 0 Å². The summed E-state index contributed by atoms with van der Waals surface area (Å²) in [6.45, 7) is 13.3. The Balaban J connectivity index is 0. The Kier molecular flexibility index (Phi) is 16.8. The molecule has 134 valence electrons. The molecule has 22 heavy (non-hydrogen) atoms. The van der Waals surface area contributed by atoms with E-state index in [1.54, 1.807) is 0 Å². The Bertz CT molecular complexity index is 273. The van der Waals surface area contributed by atoms with Crippen LogP contribution >= 0.6 is 18.9 Å². The Hall–Kier alpha value is 0.410. The number of Topliss-reactive ketones (excluding diaryl/α,β-unsaturated/α-hetero) is 1. The molecule has 0 rings (SSSR count). The molecule has 0 fully saturated rings. The van der Waals surface area contributed by atoms with E-state index in [0.29, 0.717) is 37.3 Å². The summed E-state index contributed by atoms with van der Waals surface area (Å²) in [5.74, 6) is 1.57. The van der Waals surface area contributed by atoms with Crippen LogP contribution in [0, 0.1) is 23.7 Å². The second-order valence-corrected chi connectivity index (χ2v) is 7.47. The molecule has 0 aliphatic heterocycles. The average molecular weight is 354 g/mol. The molecule has 4 nitrogen and oxygen atoms in total. The molecule has 0 spiro atoms. The number of hydrogen-bond acceptors (Lipinski definition) is 4. The summed E-state index contributed by atoms with van der Waals surface area (Å²) in [7, 11) is 4.36. The van der Waals surface area contributed by atoms with Gasteiger partial charge in [0.25, 0.3) is 0 Å². The first kappa shape index (κ1) is 24.7. The molecule has 0 aliphatic rings. The van der Waals surface area contributed by atoms with Crippen LogP contribution in [-0.4, -0.2) is 30.2 Å². The number of carbonyl (C=O) groups excluding carboxylic acids is 1. The van der Waals surface area contributed by atoms with Crippen molar-refractivity contribution < 1.29 is 18.9 Å². The van der Waals surface area contributed by atoms with Gasteiger partial charge in [0.2, 0.25) is 0 Å². The van der Waals surface area contributed by atoms with E-state index >= 15 is 0 Å². The van der Waals surface area contributed by atoms with Gasteiger partial charge in [-0.15, -0.1) is 0 Å². The van der Waals surface area contributed by atoms with Gasteiger partial charge in [-0.1, -0.05) is 41.5 Å². The van der Waals surface area contributed by atoms with Crippen molar-refractivity contribution in [2.45, 2.75) is 60.5 Å². The summed E-state index contributed by atoms with van der Waals surface area (Å²) in [6.07, 6.45) is 1.29. The highest BCUT2D eigenvalue weighted by atomic mass is 31.0. The van der Waals surface area contributed by atoms with Gasteiger partial charge in [-0.3, -0.25) is 4.79 Å². The van der Waals surface area contributed by atoms with Gasteiger partial charge >= 0.3 is 0 Å². The summed E-state index contributed by atoms with van der Waals surface area (Å²) in [4.78, 5) is 11.3. The molecule has 0 aromatic rings. The van der Waals surface area contributed by atoms with Crippen LogP contribution in [0.2, 0.25) is 0 Å². The minimum atomic E-state index is -0.226. The van der Waals surface area contributed by atoms with Crippen LogP contribution in [0.25, 0.3) is 0 Å². The lowest BCUT2D eigenvalue weighted by atomic mass is 9.97. The van der Waals surface area contributed by atoms with E-state index < -0.39 is 0 Å². The van der Waals surface area contributed by atoms with Crippen molar-refractivity contribution in [2.24, 2.45) is 23.7 Å². The van der Waals surface area contributed by atoms with E-state index in [-0.39, 0.29) is 17.9 Å². The number of aliphatic hydroxyl groups excluding tert-OH is 1. The molecule has 0 bridgehead atoms. The molecule has 0 aromatic carbocycles. The third-order valence-corrected chi connectivity index (χ3v) is 3.62. The monoisotopic (exact) mass is 354 g/mol. The number of ketones is 1. The van der Waals surface area contributed by atoms with Gasteiger partial charge in [-0.2, -0.15) is 0 Å². The van der Waals surface area contributed by atoms with Crippen LogP contribution in [0.4, 0.5) is 0 Å². The van der Waals surface area contributed by atoms with Gasteiger partial charge in [0.15, 0.2) is 0 Å². The lowest BCUT2D eigenvalue weighted by Gasteiger charge is -2.19. The predicted octanol–water partition coefficient (Wildman–Crippen LogP) is 3.88. The predicted molar refractivity (Wildman–Crippen MR) is 99.6 cm³/mol. The zero-order valence-electron chi connectivity index (χ0n) is 15.0. The summed E-state index contributed by atoms with van der Waals surface area (Å²) in [5.41, 5.74) is 0. The highest BCUT2D eigenvalue weighted by Crippen LogP contribution is 2.13. The molecule has 0 saturated heterocycles. The van der Waals surface area contributed by atoms with Crippen LogP contribution in [-0.2, 0) is 13.8 Å². The summed E-state index contributed by atoms with van der Waals surface area (Å²) in [6, 6.07) is 0. The largest absolute Gasteiger partial charge is 0.393 e. The third kappa shape index (κ3) is 15.3. The van der Waals surface area contributed by atoms with Gasteiger partial charge in [0.1, 0.15) is 5.78 Å². The van der Waals surface area contributed by atoms with Crippen LogP contribution in [0.15, 0.2) is 0 Å². The molecule has 0 heterocycles. The molecule has 0 aromatic heterocycles.